The topological polar surface area (TPSA) is 72.2 Å². The van der Waals surface area contributed by atoms with Gasteiger partial charge in [-0.15, -0.1) is 0 Å². The molecule has 106 valence electrons. The summed E-state index contributed by atoms with van der Waals surface area (Å²) in [6.45, 7) is 1.88. The summed E-state index contributed by atoms with van der Waals surface area (Å²) in [4.78, 5) is 0. The maximum absolute atomic E-state index is 12.3. The molecule has 0 radical (unpaired) electrons. The van der Waals surface area contributed by atoms with Crippen LogP contribution in [0.15, 0.2) is 33.9 Å². The van der Waals surface area contributed by atoms with Gasteiger partial charge in [-0.3, -0.25) is 4.72 Å². The Hall–Kier alpha value is -1.53. The number of nitrogens with one attached hydrogen (secondary N) is 1. The van der Waals surface area contributed by atoms with E-state index in [-0.39, 0.29) is 16.0 Å². The minimum atomic E-state index is -3.86. The van der Waals surface area contributed by atoms with E-state index in [1.54, 1.807) is 18.2 Å². The average molecular weight is 313 g/mol. The number of benzene rings is 1. The first-order chi connectivity index (χ1) is 9.47. The Kier molecular flexibility index (Phi) is 3.22. The number of sulfonamides is 1. The number of rotatable bonds is 4. The lowest BCUT2D eigenvalue weighted by Gasteiger charge is -2.06. The Balaban J connectivity index is 1.92. The van der Waals surface area contributed by atoms with Crippen molar-refractivity contribution in [3.8, 4) is 0 Å². The van der Waals surface area contributed by atoms with E-state index >= 15 is 0 Å². The highest BCUT2D eigenvalue weighted by Crippen LogP contribution is 2.44. The van der Waals surface area contributed by atoms with E-state index in [1.165, 1.54) is 0 Å². The first kappa shape index (κ1) is 13.5. The zero-order valence-electron chi connectivity index (χ0n) is 10.8. The SMILES string of the molecule is Cc1cccc(NS(=O)(=O)c2onc(C3CC3)c2Cl)c1. The first-order valence-corrected chi connectivity index (χ1v) is 8.08. The molecule has 0 amide bonds. The van der Waals surface area contributed by atoms with Crippen LogP contribution < -0.4 is 4.72 Å². The normalized spacial score (nSPS) is 15.3. The minimum absolute atomic E-state index is 0.0904. The van der Waals surface area contributed by atoms with Crippen molar-refractivity contribution < 1.29 is 12.9 Å². The van der Waals surface area contributed by atoms with Crippen LogP contribution in [0.5, 0.6) is 0 Å². The zero-order valence-corrected chi connectivity index (χ0v) is 12.3. The van der Waals surface area contributed by atoms with Crippen molar-refractivity contribution in [1.29, 1.82) is 0 Å². The molecule has 1 fully saturated rings. The molecule has 0 atom stereocenters. The van der Waals surface area contributed by atoms with Crippen LogP contribution in [0.2, 0.25) is 5.02 Å². The predicted octanol–water partition coefficient (Wildman–Crippen LogP) is 3.31. The smallest absolute Gasteiger partial charge is 0.299 e. The Morgan fingerprint density at radius 3 is 2.80 bits per heavy atom. The van der Waals surface area contributed by atoms with E-state index in [9.17, 15) is 8.42 Å². The third-order valence-corrected chi connectivity index (χ3v) is 4.86. The van der Waals surface area contributed by atoms with Crippen molar-refractivity contribution >= 4 is 27.3 Å². The minimum Gasteiger partial charge on any atom is -0.341 e. The van der Waals surface area contributed by atoms with Gasteiger partial charge >= 0.3 is 0 Å². The number of aryl methyl sites for hydroxylation is 1. The number of nitrogens with zero attached hydrogens (tertiary/aromatic N) is 1. The highest BCUT2D eigenvalue weighted by atomic mass is 35.5. The second-order valence-corrected chi connectivity index (χ2v) is 6.88. The van der Waals surface area contributed by atoms with E-state index in [4.69, 9.17) is 16.1 Å². The van der Waals surface area contributed by atoms with Gasteiger partial charge in [-0.1, -0.05) is 28.9 Å². The molecule has 0 bridgehead atoms. The van der Waals surface area contributed by atoms with Gasteiger partial charge in [-0.25, -0.2) is 0 Å². The molecule has 5 nitrogen and oxygen atoms in total. The standard InChI is InChI=1S/C13H13ClN2O3S/c1-8-3-2-4-10(7-8)16-20(17,18)13-11(14)12(15-19-13)9-5-6-9/h2-4,7,9,16H,5-6H2,1H3. The van der Waals surface area contributed by atoms with E-state index in [1.807, 2.05) is 13.0 Å². The highest BCUT2D eigenvalue weighted by Gasteiger charge is 2.34. The van der Waals surface area contributed by atoms with Gasteiger partial charge in [-0.2, -0.15) is 8.42 Å². The monoisotopic (exact) mass is 312 g/mol. The van der Waals surface area contributed by atoms with Crippen LogP contribution in [0.25, 0.3) is 0 Å². The number of hydrogen-bond donors (Lipinski definition) is 1. The molecule has 1 N–H and O–H groups in total. The molecule has 2 aromatic rings. The summed E-state index contributed by atoms with van der Waals surface area (Å²) in [7, 11) is -3.86. The Labute approximate surface area is 122 Å². The molecule has 1 heterocycles. The van der Waals surface area contributed by atoms with Gasteiger partial charge < -0.3 is 4.52 Å². The van der Waals surface area contributed by atoms with Crippen LogP contribution in [0.4, 0.5) is 5.69 Å². The fourth-order valence-corrected chi connectivity index (χ4v) is 3.50. The number of anilines is 1. The van der Waals surface area contributed by atoms with Crippen molar-refractivity contribution in [3.63, 3.8) is 0 Å². The van der Waals surface area contributed by atoms with Gasteiger partial charge in [0.15, 0.2) is 0 Å². The molecule has 1 aromatic carbocycles. The summed E-state index contributed by atoms with van der Waals surface area (Å²) < 4.78 is 31.9. The van der Waals surface area contributed by atoms with Crippen LogP contribution >= 0.6 is 11.6 Å². The van der Waals surface area contributed by atoms with Gasteiger partial charge in [0.2, 0.25) is 0 Å². The van der Waals surface area contributed by atoms with Crippen molar-refractivity contribution in [2.75, 3.05) is 4.72 Å². The molecular formula is C13H13ClN2O3S. The molecule has 1 aromatic heterocycles. The third-order valence-electron chi connectivity index (χ3n) is 3.11. The molecule has 0 unspecified atom stereocenters. The maximum Gasteiger partial charge on any atom is 0.299 e. The molecule has 7 heteroatoms. The van der Waals surface area contributed by atoms with Crippen LogP contribution in [0.3, 0.4) is 0 Å². The average Bonchev–Trinajstić information content (AvgIpc) is 3.12. The van der Waals surface area contributed by atoms with E-state index < -0.39 is 10.0 Å². The molecule has 3 rings (SSSR count). The van der Waals surface area contributed by atoms with Crippen molar-refractivity contribution in [1.82, 2.24) is 5.16 Å². The summed E-state index contributed by atoms with van der Waals surface area (Å²) in [6, 6.07) is 7.04. The lowest BCUT2D eigenvalue weighted by Crippen LogP contribution is -2.12. The van der Waals surface area contributed by atoms with Crippen LogP contribution in [-0.4, -0.2) is 13.6 Å². The fraction of sp³-hybridized carbons (Fsp3) is 0.308. The first-order valence-electron chi connectivity index (χ1n) is 6.22. The van der Waals surface area contributed by atoms with E-state index in [2.05, 4.69) is 9.88 Å². The Morgan fingerprint density at radius 2 is 2.15 bits per heavy atom. The lowest BCUT2D eigenvalue weighted by molar-refractivity contribution is 0.335. The van der Waals surface area contributed by atoms with Crippen LogP contribution in [-0.2, 0) is 10.0 Å². The van der Waals surface area contributed by atoms with Gasteiger partial charge in [-0.05, 0) is 37.5 Å². The Bertz CT molecular complexity index is 751. The molecular weight excluding hydrogens is 300 g/mol. The predicted molar refractivity (Wildman–Crippen MR) is 75.5 cm³/mol. The summed E-state index contributed by atoms with van der Waals surface area (Å²) in [5.41, 5.74) is 1.95. The second kappa shape index (κ2) is 4.79. The molecule has 0 spiro atoms. The van der Waals surface area contributed by atoms with Crippen molar-refractivity contribution in [3.05, 3.63) is 40.5 Å². The van der Waals surface area contributed by atoms with Gasteiger partial charge in [0.25, 0.3) is 15.1 Å². The van der Waals surface area contributed by atoms with Gasteiger partial charge in [0.05, 0.1) is 0 Å². The molecule has 1 aliphatic carbocycles. The fourth-order valence-electron chi connectivity index (χ4n) is 1.96. The molecule has 0 saturated heterocycles. The number of hydrogen-bond acceptors (Lipinski definition) is 4. The summed E-state index contributed by atoms with van der Waals surface area (Å²) >= 11 is 6.07. The van der Waals surface area contributed by atoms with Crippen molar-refractivity contribution in [2.24, 2.45) is 0 Å². The molecule has 1 saturated carbocycles. The Morgan fingerprint density at radius 1 is 1.40 bits per heavy atom. The van der Waals surface area contributed by atoms with E-state index in [0.717, 1.165) is 18.4 Å². The molecule has 0 aliphatic heterocycles. The number of aromatic nitrogens is 1. The lowest BCUT2D eigenvalue weighted by atomic mass is 10.2. The zero-order chi connectivity index (χ0) is 14.3. The van der Waals surface area contributed by atoms with E-state index in [0.29, 0.717) is 11.4 Å². The van der Waals surface area contributed by atoms with Gasteiger partial charge in [0, 0.05) is 11.6 Å². The molecule has 1 aliphatic rings. The van der Waals surface area contributed by atoms with Gasteiger partial charge in [0.1, 0.15) is 10.7 Å². The summed E-state index contributed by atoms with van der Waals surface area (Å²) in [6.07, 6.45) is 1.94. The highest BCUT2D eigenvalue weighted by molar-refractivity contribution is 7.92. The maximum atomic E-state index is 12.3. The third kappa shape index (κ3) is 2.53. The number of halogens is 1. The quantitative estimate of drug-likeness (QED) is 0.940. The molecule has 20 heavy (non-hydrogen) atoms. The van der Waals surface area contributed by atoms with Crippen LogP contribution in [0.1, 0.15) is 30.0 Å². The second-order valence-electron chi connectivity index (χ2n) is 4.92. The van der Waals surface area contributed by atoms with Crippen LogP contribution in [0, 0.1) is 6.92 Å². The summed E-state index contributed by atoms with van der Waals surface area (Å²) in [5.74, 6) is 0.231. The van der Waals surface area contributed by atoms with Crippen molar-refractivity contribution in [2.45, 2.75) is 30.8 Å². The largest absolute Gasteiger partial charge is 0.341 e. The summed E-state index contributed by atoms with van der Waals surface area (Å²) in [5, 5.41) is 3.55.